The molecule has 0 aliphatic rings. The van der Waals surface area contributed by atoms with Crippen LogP contribution in [-0.4, -0.2) is 9.94 Å². The Morgan fingerprint density at radius 3 is 2.38 bits per heavy atom. The SMILES string of the molecule is Cc1cc(C(O)C(F)(F)Br)c(C)s1. The van der Waals surface area contributed by atoms with Gasteiger partial charge in [0.2, 0.25) is 0 Å². The van der Waals surface area contributed by atoms with Crippen LogP contribution < -0.4 is 0 Å². The lowest BCUT2D eigenvalue weighted by Gasteiger charge is -2.15. The Labute approximate surface area is 87.5 Å². The van der Waals surface area contributed by atoms with Crippen LogP contribution in [0.15, 0.2) is 6.07 Å². The van der Waals surface area contributed by atoms with Crippen LogP contribution in [0.2, 0.25) is 0 Å². The average Bonchev–Trinajstić information content (AvgIpc) is 2.26. The maximum absolute atomic E-state index is 12.7. The van der Waals surface area contributed by atoms with E-state index in [0.717, 1.165) is 9.75 Å². The predicted molar refractivity (Wildman–Crippen MR) is 52.6 cm³/mol. The lowest BCUT2D eigenvalue weighted by atomic mass is 10.1. The molecule has 0 spiro atoms. The van der Waals surface area contributed by atoms with Crippen LogP contribution in [-0.2, 0) is 0 Å². The van der Waals surface area contributed by atoms with Gasteiger partial charge in [-0.25, -0.2) is 0 Å². The van der Waals surface area contributed by atoms with Crippen molar-refractivity contribution in [1.29, 1.82) is 0 Å². The van der Waals surface area contributed by atoms with Crippen LogP contribution in [0.1, 0.15) is 21.4 Å². The Bertz CT molecular complexity index is 306. The average molecular weight is 271 g/mol. The summed E-state index contributed by atoms with van der Waals surface area (Å²) in [4.78, 5) is -1.61. The molecule has 1 aromatic heterocycles. The fraction of sp³-hybridized carbons (Fsp3) is 0.500. The molecule has 0 saturated carbocycles. The Morgan fingerprint density at radius 2 is 2.08 bits per heavy atom. The molecular weight excluding hydrogens is 262 g/mol. The first-order valence-electron chi connectivity index (χ1n) is 3.64. The summed E-state index contributed by atoms with van der Waals surface area (Å²) in [6.45, 7) is 3.54. The summed E-state index contributed by atoms with van der Waals surface area (Å²) in [7, 11) is 0. The highest BCUT2D eigenvalue weighted by molar-refractivity contribution is 9.10. The first kappa shape index (κ1) is 11.1. The minimum atomic E-state index is -3.26. The van der Waals surface area contributed by atoms with E-state index in [1.807, 2.05) is 6.92 Å². The summed E-state index contributed by atoms with van der Waals surface area (Å²) in [5.41, 5.74) is 0.296. The van der Waals surface area contributed by atoms with Crippen molar-refractivity contribution in [2.45, 2.75) is 24.8 Å². The van der Waals surface area contributed by atoms with Gasteiger partial charge in [0.1, 0.15) is 0 Å². The molecule has 1 rings (SSSR count). The molecule has 0 aromatic carbocycles. The molecule has 0 saturated heterocycles. The highest BCUT2D eigenvalue weighted by Gasteiger charge is 2.37. The van der Waals surface area contributed by atoms with E-state index in [-0.39, 0.29) is 0 Å². The smallest absolute Gasteiger partial charge is 0.330 e. The molecule has 1 heterocycles. The van der Waals surface area contributed by atoms with E-state index in [1.54, 1.807) is 13.0 Å². The molecule has 0 fully saturated rings. The number of alkyl halides is 3. The van der Waals surface area contributed by atoms with Gasteiger partial charge in [0, 0.05) is 15.3 Å². The summed E-state index contributed by atoms with van der Waals surface area (Å²) in [6.07, 6.45) is -1.77. The van der Waals surface area contributed by atoms with Gasteiger partial charge < -0.3 is 5.11 Å². The molecule has 0 aliphatic carbocycles. The maximum Gasteiger partial charge on any atom is 0.330 e. The van der Waals surface area contributed by atoms with Gasteiger partial charge in [-0.05, 0) is 35.8 Å². The van der Waals surface area contributed by atoms with Crippen LogP contribution in [0.5, 0.6) is 0 Å². The summed E-state index contributed by atoms with van der Waals surface area (Å²) in [6, 6.07) is 1.58. The van der Waals surface area contributed by atoms with Gasteiger partial charge in [0.25, 0.3) is 0 Å². The molecule has 1 N–H and O–H groups in total. The Hall–Kier alpha value is -0.0000000000000000833. The highest BCUT2D eigenvalue weighted by Crippen LogP contribution is 2.39. The molecule has 5 heteroatoms. The van der Waals surface area contributed by atoms with Gasteiger partial charge >= 0.3 is 4.83 Å². The third-order valence-electron chi connectivity index (χ3n) is 1.68. The zero-order chi connectivity index (χ0) is 10.2. The molecule has 74 valence electrons. The van der Waals surface area contributed by atoms with Crippen molar-refractivity contribution in [3.05, 3.63) is 21.4 Å². The van der Waals surface area contributed by atoms with E-state index >= 15 is 0 Å². The van der Waals surface area contributed by atoms with E-state index in [4.69, 9.17) is 0 Å². The first-order valence-corrected chi connectivity index (χ1v) is 5.25. The van der Waals surface area contributed by atoms with Gasteiger partial charge in [-0.15, -0.1) is 11.3 Å². The summed E-state index contributed by atoms with van der Waals surface area (Å²) < 4.78 is 25.3. The Balaban J connectivity index is 3.01. The molecule has 1 aromatic rings. The number of aliphatic hydroxyl groups is 1. The first-order chi connectivity index (χ1) is 5.82. The molecule has 0 bridgehead atoms. The molecule has 1 unspecified atom stereocenters. The number of halogens is 3. The topological polar surface area (TPSA) is 20.2 Å². The number of hydrogen-bond acceptors (Lipinski definition) is 2. The van der Waals surface area contributed by atoms with E-state index in [0.29, 0.717) is 5.56 Å². The van der Waals surface area contributed by atoms with Gasteiger partial charge in [-0.1, -0.05) is 0 Å². The number of thiophene rings is 1. The van der Waals surface area contributed by atoms with Gasteiger partial charge in [-0.3, -0.25) is 0 Å². The summed E-state index contributed by atoms with van der Waals surface area (Å²) in [5, 5.41) is 9.26. The zero-order valence-corrected chi connectivity index (χ0v) is 9.55. The van der Waals surface area contributed by atoms with E-state index < -0.39 is 10.9 Å². The highest BCUT2D eigenvalue weighted by atomic mass is 79.9. The third-order valence-corrected chi connectivity index (χ3v) is 3.10. The van der Waals surface area contributed by atoms with Crippen LogP contribution in [0.4, 0.5) is 8.78 Å². The standard InChI is InChI=1S/C8H9BrF2OS/c1-4-3-6(5(2)13-4)7(12)8(9,10)11/h3,7,12H,1-2H3. The lowest BCUT2D eigenvalue weighted by molar-refractivity contribution is -0.0295. The third kappa shape index (κ3) is 2.48. The van der Waals surface area contributed by atoms with E-state index in [9.17, 15) is 13.9 Å². The zero-order valence-electron chi connectivity index (χ0n) is 7.14. The molecule has 0 aliphatic heterocycles. The minimum absolute atomic E-state index is 0.296. The maximum atomic E-state index is 12.7. The normalized spacial score (nSPS) is 14.6. The van der Waals surface area contributed by atoms with Crippen molar-refractivity contribution in [2.75, 3.05) is 0 Å². The second-order valence-corrected chi connectivity index (χ2v) is 5.33. The second-order valence-electron chi connectivity index (χ2n) is 2.81. The minimum Gasteiger partial charge on any atom is -0.381 e. The van der Waals surface area contributed by atoms with Crippen molar-refractivity contribution >= 4 is 27.3 Å². The second kappa shape index (κ2) is 3.63. The number of rotatable bonds is 2. The molecule has 13 heavy (non-hydrogen) atoms. The summed E-state index contributed by atoms with van der Waals surface area (Å²) >= 11 is 3.54. The van der Waals surface area contributed by atoms with E-state index in [2.05, 4.69) is 15.9 Å². The van der Waals surface area contributed by atoms with Crippen molar-refractivity contribution in [1.82, 2.24) is 0 Å². The summed E-state index contributed by atoms with van der Waals surface area (Å²) in [5.74, 6) is 0. The fourth-order valence-corrected chi connectivity index (χ4v) is 2.30. The van der Waals surface area contributed by atoms with Crippen LogP contribution >= 0.6 is 27.3 Å². The van der Waals surface area contributed by atoms with Crippen molar-refractivity contribution < 1.29 is 13.9 Å². The molecule has 0 amide bonds. The quantitative estimate of drug-likeness (QED) is 0.817. The van der Waals surface area contributed by atoms with Crippen molar-refractivity contribution in [3.63, 3.8) is 0 Å². The monoisotopic (exact) mass is 270 g/mol. The largest absolute Gasteiger partial charge is 0.381 e. The Kier molecular flexibility index (Phi) is 3.09. The Morgan fingerprint density at radius 1 is 1.54 bits per heavy atom. The van der Waals surface area contributed by atoms with E-state index in [1.165, 1.54) is 11.3 Å². The van der Waals surface area contributed by atoms with Gasteiger partial charge in [-0.2, -0.15) is 8.78 Å². The predicted octanol–water partition coefficient (Wildman–Crippen LogP) is 3.39. The lowest BCUT2D eigenvalue weighted by Crippen LogP contribution is -2.18. The van der Waals surface area contributed by atoms with Crippen LogP contribution in [0.25, 0.3) is 0 Å². The molecule has 0 radical (unpaired) electrons. The van der Waals surface area contributed by atoms with Crippen LogP contribution in [0, 0.1) is 13.8 Å². The number of hydrogen-bond donors (Lipinski definition) is 1. The van der Waals surface area contributed by atoms with Gasteiger partial charge in [0.05, 0.1) is 0 Å². The van der Waals surface area contributed by atoms with Crippen LogP contribution in [0.3, 0.4) is 0 Å². The van der Waals surface area contributed by atoms with Crippen molar-refractivity contribution in [3.8, 4) is 0 Å². The van der Waals surface area contributed by atoms with Gasteiger partial charge in [0.15, 0.2) is 6.10 Å². The molecule has 1 atom stereocenters. The fourth-order valence-electron chi connectivity index (χ4n) is 1.10. The molecular formula is C8H9BrF2OS. The number of aliphatic hydroxyl groups excluding tert-OH is 1. The number of aryl methyl sites for hydroxylation is 2. The van der Waals surface area contributed by atoms with Crippen molar-refractivity contribution in [2.24, 2.45) is 0 Å². The molecule has 1 nitrogen and oxygen atoms in total.